The molecule has 3 aromatic rings. The molecule has 0 aliphatic rings. The van der Waals surface area contributed by atoms with Gasteiger partial charge >= 0.3 is 0 Å². The van der Waals surface area contributed by atoms with Gasteiger partial charge in [0.15, 0.2) is 5.96 Å². The fourth-order valence-corrected chi connectivity index (χ4v) is 3.09. The van der Waals surface area contributed by atoms with Gasteiger partial charge in [0, 0.05) is 38.0 Å². The molecule has 8 heteroatoms. The molecule has 0 amide bonds. The highest BCUT2D eigenvalue weighted by Crippen LogP contribution is 2.17. The molecule has 30 heavy (non-hydrogen) atoms. The summed E-state index contributed by atoms with van der Waals surface area (Å²) in [4.78, 5) is 4.30. The van der Waals surface area contributed by atoms with Gasteiger partial charge in [-0.15, -0.1) is 24.0 Å². The normalized spacial score (nSPS) is 11.2. The topological polar surface area (TPSA) is 76.6 Å². The number of aromatic nitrogens is 2. The van der Waals surface area contributed by atoms with E-state index >= 15 is 0 Å². The van der Waals surface area contributed by atoms with Crippen LogP contribution < -0.4 is 10.6 Å². The number of rotatable bonds is 9. The Morgan fingerprint density at radius 2 is 1.93 bits per heavy atom. The van der Waals surface area contributed by atoms with Crippen LogP contribution in [-0.2, 0) is 17.9 Å². The van der Waals surface area contributed by atoms with Crippen LogP contribution in [0.25, 0.3) is 5.69 Å². The second-order valence-electron chi connectivity index (χ2n) is 6.73. The van der Waals surface area contributed by atoms with Gasteiger partial charge in [-0.1, -0.05) is 18.2 Å². The Balaban J connectivity index is 0.00000320. The maximum Gasteiger partial charge on any atom is 0.191 e. The van der Waals surface area contributed by atoms with Gasteiger partial charge in [0.25, 0.3) is 0 Å². The number of hydrogen-bond acceptors (Lipinski definition) is 4. The van der Waals surface area contributed by atoms with E-state index in [9.17, 15) is 0 Å². The van der Waals surface area contributed by atoms with Crippen LogP contribution in [0.4, 0.5) is 0 Å². The summed E-state index contributed by atoms with van der Waals surface area (Å²) in [5.74, 6) is 1.61. The number of aryl methyl sites for hydroxylation is 1. The maximum atomic E-state index is 5.59. The fourth-order valence-electron chi connectivity index (χ4n) is 3.09. The average Bonchev–Trinajstić information content (AvgIpc) is 3.36. The van der Waals surface area contributed by atoms with Crippen molar-refractivity contribution in [1.82, 2.24) is 20.4 Å². The van der Waals surface area contributed by atoms with Gasteiger partial charge in [-0.2, -0.15) is 5.10 Å². The average molecular weight is 523 g/mol. The zero-order valence-corrected chi connectivity index (χ0v) is 20.1. The van der Waals surface area contributed by atoms with E-state index in [4.69, 9.17) is 14.3 Å². The lowest BCUT2D eigenvalue weighted by Crippen LogP contribution is -2.37. The van der Waals surface area contributed by atoms with Crippen LogP contribution in [0, 0.1) is 13.8 Å². The van der Waals surface area contributed by atoms with Crippen molar-refractivity contribution in [3.8, 4) is 5.69 Å². The second-order valence-corrected chi connectivity index (χ2v) is 6.73. The van der Waals surface area contributed by atoms with Gasteiger partial charge in [-0.25, -0.2) is 4.68 Å². The maximum absolute atomic E-state index is 5.59. The SMILES string of the molecule is CN=C(NCCCOCc1ccco1)NCc1c(C)nn(-c2ccccc2)c1C.I. The molecule has 162 valence electrons. The summed E-state index contributed by atoms with van der Waals surface area (Å²) in [5.41, 5.74) is 4.39. The molecule has 1 aromatic carbocycles. The minimum Gasteiger partial charge on any atom is -0.467 e. The number of benzene rings is 1. The van der Waals surface area contributed by atoms with E-state index in [1.807, 2.05) is 41.9 Å². The Morgan fingerprint density at radius 3 is 2.63 bits per heavy atom. The van der Waals surface area contributed by atoms with Crippen molar-refractivity contribution >= 4 is 29.9 Å². The van der Waals surface area contributed by atoms with Crippen LogP contribution in [0.15, 0.2) is 58.1 Å². The number of guanidine groups is 1. The monoisotopic (exact) mass is 523 g/mol. The molecule has 0 radical (unpaired) electrons. The summed E-state index contributed by atoms with van der Waals surface area (Å²) in [6.45, 7) is 6.74. The van der Waals surface area contributed by atoms with Gasteiger partial charge < -0.3 is 19.8 Å². The summed E-state index contributed by atoms with van der Waals surface area (Å²) in [6.07, 6.45) is 2.54. The van der Waals surface area contributed by atoms with Crippen molar-refractivity contribution in [2.24, 2.45) is 4.99 Å². The summed E-state index contributed by atoms with van der Waals surface area (Å²) < 4.78 is 12.8. The lowest BCUT2D eigenvalue weighted by atomic mass is 10.2. The first-order valence-electron chi connectivity index (χ1n) is 9.84. The zero-order valence-electron chi connectivity index (χ0n) is 17.7. The summed E-state index contributed by atoms with van der Waals surface area (Å²) >= 11 is 0. The van der Waals surface area contributed by atoms with E-state index in [-0.39, 0.29) is 24.0 Å². The number of nitrogens with one attached hydrogen (secondary N) is 2. The minimum atomic E-state index is 0. The number of furan rings is 1. The Bertz CT molecular complexity index is 907. The van der Waals surface area contributed by atoms with Gasteiger partial charge in [-0.05, 0) is 44.5 Å². The third-order valence-electron chi connectivity index (χ3n) is 4.68. The highest BCUT2D eigenvalue weighted by Gasteiger charge is 2.13. The molecule has 0 saturated carbocycles. The van der Waals surface area contributed by atoms with Gasteiger partial charge in [-0.3, -0.25) is 4.99 Å². The largest absolute Gasteiger partial charge is 0.467 e. The molecule has 3 rings (SSSR count). The van der Waals surface area contributed by atoms with Crippen molar-refractivity contribution in [2.45, 2.75) is 33.4 Å². The standard InChI is InChI=1S/C22H29N5O2.HI/c1-17-21(18(2)27(26-17)19-9-5-4-6-10-19)15-25-22(23-3)24-12-8-13-28-16-20-11-7-14-29-20;/h4-7,9-11,14H,8,12-13,15-16H2,1-3H3,(H2,23,24,25);1H. The third-order valence-corrected chi connectivity index (χ3v) is 4.68. The predicted octanol–water partition coefficient (Wildman–Crippen LogP) is 3.97. The molecule has 0 spiro atoms. The number of nitrogens with zero attached hydrogens (tertiary/aromatic N) is 3. The van der Waals surface area contributed by atoms with E-state index < -0.39 is 0 Å². The minimum absolute atomic E-state index is 0. The summed E-state index contributed by atoms with van der Waals surface area (Å²) in [6, 6.07) is 13.9. The molecular formula is C22H30IN5O2. The summed E-state index contributed by atoms with van der Waals surface area (Å²) in [5, 5.41) is 11.4. The van der Waals surface area contributed by atoms with Crippen molar-refractivity contribution in [3.05, 3.63) is 71.4 Å². The van der Waals surface area contributed by atoms with Gasteiger partial charge in [0.05, 0.1) is 17.6 Å². The fraction of sp³-hybridized carbons (Fsp3) is 0.364. The number of ether oxygens (including phenoxy) is 1. The Labute approximate surface area is 194 Å². The molecule has 7 nitrogen and oxygen atoms in total. The zero-order chi connectivity index (χ0) is 20.5. The Hall–Kier alpha value is -2.33. The Kier molecular flexibility index (Phi) is 9.88. The van der Waals surface area contributed by atoms with Gasteiger partial charge in [0.2, 0.25) is 0 Å². The van der Waals surface area contributed by atoms with Crippen molar-refractivity contribution in [3.63, 3.8) is 0 Å². The van der Waals surface area contributed by atoms with Crippen molar-refractivity contribution in [1.29, 1.82) is 0 Å². The van der Waals surface area contributed by atoms with Gasteiger partial charge in [0.1, 0.15) is 12.4 Å². The summed E-state index contributed by atoms with van der Waals surface area (Å²) in [7, 11) is 1.77. The van der Waals surface area contributed by atoms with Crippen LogP contribution in [0.2, 0.25) is 0 Å². The molecule has 2 heterocycles. The van der Waals surface area contributed by atoms with Crippen LogP contribution >= 0.6 is 24.0 Å². The molecule has 0 saturated heterocycles. The lowest BCUT2D eigenvalue weighted by molar-refractivity contribution is 0.105. The molecule has 0 atom stereocenters. The predicted molar refractivity (Wildman–Crippen MR) is 130 cm³/mol. The molecular weight excluding hydrogens is 493 g/mol. The van der Waals surface area contributed by atoms with Crippen molar-refractivity contribution < 1.29 is 9.15 Å². The molecule has 0 aliphatic heterocycles. The first kappa shape index (κ1) is 23.9. The van der Waals surface area contributed by atoms with Crippen LogP contribution in [0.1, 0.15) is 29.1 Å². The number of aliphatic imine (C=N–C) groups is 1. The smallest absolute Gasteiger partial charge is 0.191 e. The van der Waals surface area contributed by atoms with Crippen LogP contribution in [-0.4, -0.2) is 35.9 Å². The van der Waals surface area contributed by atoms with E-state index in [2.05, 4.69) is 34.7 Å². The first-order valence-corrected chi connectivity index (χ1v) is 9.84. The van der Waals surface area contributed by atoms with E-state index in [1.54, 1.807) is 13.3 Å². The number of para-hydroxylation sites is 1. The van der Waals surface area contributed by atoms with E-state index in [0.717, 1.165) is 41.8 Å². The highest BCUT2D eigenvalue weighted by atomic mass is 127. The molecule has 0 bridgehead atoms. The van der Waals surface area contributed by atoms with E-state index in [0.29, 0.717) is 19.8 Å². The number of hydrogen-bond donors (Lipinski definition) is 2. The molecule has 2 aromatic heterocycles. The van der Waals surface area contributed by atoms with Crippen LogP contribution in [0.3, 0.4) is 0 Å². The highest BCUT2D eigenvalue weighted by molar-refractivity contribution is 14.0. The molecule has 0 unspecified atom stereocenters. The number of halogens is 1. The Morgan fingerprint density at radius 1 is 1.13 bits per heavy atom. The quantitative estimate of drug-likeness (QED) is 0.192. The lowest BCUT2D eigenvalue weighted by Gasteiger charge is -2.12. The molecule has 2 N–H and O–H groups in total. The molecule has 0 aliphatic carbocycles. The van der Waals surface area contributed by atoms with Crippen molar-refractivity contribution in [2.75, 3.05) is 20.2 Å². The van der Waals surface area contributed by atoms with Crippen LogP contribution in [0.5, 0.6) is 0 Å². The van der Waals surface area contributed by atoms with E-state index in [1.165, 1.54) is 5.56 Å². The molecule has 0 fully saturated rings. The second kappa shape index (κ2) is 12.4. The first-order chi connectivity index (χ1) is 14.2. The third kappa shape index (κ3) is 6.60.